The first-order valence-corrected chi connectivity index (χ1v) is 7.83. The number of anilines is 1. The van der Waals surface area contributed by atoms with Gasteiger partial charge in [0.05, 0.1) is 10.5 Å². The first-order valence-electron chi connectivity index (χ1n) is 6.22. The van der Waals surface area contributed by atoms with Crippen LogP contribution in [0.4, 0.5) is 5.82 Å². The van der Waals surface area contributed by atoms with Crippen LogP contribution < -0.4 is 11.3 Å². The van der Waals surface area contributed by atoms with E-state index in [0.29, 0.717) is 16.3 Å². The highest BCUT2D eigenvalue weighted by Gasteiger charge is 2.23. The minimum absolute atomic E-state index is 0.389. The van der Waals surface area contributed by atoms with E-state index in [1.165, 1.54) is 30.9 Å². The van der Waals surface area contributed by atoms with E-state index < -0.39 is 0 Å². The summed E-state index contributed by atoms with van der Waals surface area (Å²) in [6.45, 7) is 0. The Morgan fingerprint density at radius 2 is 2.15 bits per heavy atom. The Bertz CT molecular complexity index is 597. The molecule has 8 nitrogen and oxygen atoms in total. The fourth-order valence-corrected chi connectivity index (χ4v) is 3.62. The van der Waals surface area contributed by atoms with E-state index in [2.05, 4.69) is 46.8 Å². The van der Waals surface area contributed by atoms with Crippen molar-refractivity contribution in [2.45, 2.75) is 41.9 Å². The molecule has 20 heavy (non-hydrogen) atoms. The second kappa shape index (κ2) is 6.02. The fourth-order valence-electron chi connectivity index (χ4n) is 2.24. The van der Waals surface area contributed by atoms with Crippen molar-refractivity contribution < 1.29 is 0 Å². The predicted molar refractivity (Wildman–Crippen MR) is 77.0 cm³/mol. The SMILES string of the molecule is NNc1ncnc(Sc2nnnn2C2CCCC2)c1Br. The maximum atomic E-state index is 5.40. The number of nitrogens with two attached hydrogens (primary N) is 1. The van der Waals surface area contributed by atoms with Crippen molar-refractivity contribution in [1.82, 2.24) is 30.2 Å². The molecule has 0 aromatic carbocycles. The molecule has 0 radical (unpaired) electrons. The Hall–Kier alpha value is -1.26. The van der Waals surface area contributed by atoms with Gasteiger partial charge in [0.15, 0.2) is 5.82 Å². The molecule has 3 rings (SSSR count). The van der Waals surface area contributed by atoms with Crippen molar-refractivity contribution in [3.05, 3.63) is 10.8 Å². The second-order valence-electron chi connectivity index (χ2n) is 4.43. The van der Waals surface area contributed by atoms with Gasteiger partial charge in [-0.3, -0.25) is 0 Å². The smallest absolute Gasteiger partial charge is 0.215 e. The van der Waals surface area contributed by atoms with E-state index in [1.54, 1.807) is 0 Å². The zero-order chi connectivity index (χ0) is 13.9. The number of nitrogen functional groups attached to an aromatic ring is 1. The van der Waals surface area contributed by atoms with Crippen LogP contribution in [0.3, 0.4) is 0 Å². The Morgan fingerprint density at radius 3 is 2.90 bits per heavy atom. The molecular formula is C10H13BrN8S. The zero-order valence-electron chi connectivity index (χ0n) is 10.5. The lowest BCUT2D eigenvalue weighted by atomic mass is 10.3. The topological polar surface area (TPSA) is 107 Å². The van der Waals surface area contributed by atoms with Crippen LogP contribution in [0.2, 0.25) is 0 Å². The van der Waals surface area contributed by atoms with Crippen LogP contribution in [-0.4, -0.2) is 30.2 Å². The molecule has 1 saturated carbocycles. The number of hydrazine groups is 1. The maximum absolute atomic E-state index is 5.40. The van der Waals surface area contributed by atoms with Crippen LogP contribution in [0.15, 0.2) is 21.0 Å². The van der Waals surface area contributed by atoms with E-state index in [9.17, 15) is 0 Å². The predicted octanol–water partition coefficient (Wildman–Crippen LogP) is 1.78. The highest BCUT2D eigenvalue weighted by Crippen LogP contribution is 2.36. The monoisotopic (exact) mass is 356 g/mol. The summed E-state index contributed by atoms with van der Waals surface area (Å²) in [5.74, 6) is 5.93. The number of aromatic nitrogens is 6. The van der Waals surface area contributed by atoms with Gasteiger partial charge in [-0.25, -0.2) is 20.5 Å². The van der Waals surface area contributed by atoms with Gasteiger partial charge in [0.2, 0.25) is 5.16 Å². The molecule has 10 heteroatoms. The molecule has 2 aromatic heterocycles. The third kappa shape index (κ3) is 2.63. The normalized spacial score (nSPS) is 15.7. The Kier molecular flexibility index (Phi) is 4.13. The lowest BCUT2D eigenvalue weighted by Gasteiger charge is -2.11. The van der Waals surface area contributed by atoms with Crippen LogP contribution in [0, 0.1) is 0 Å². The molecule has 0 unspecified atom stereocenters. The van der Waals surface area contributed by atoms with Crippen LogP contribution in [0.25, 0.3) is 0 Å². The molecule has 0 aliphatic heterocycles. The molecular weight excluding hydrogens is 344 g/mol. The van der Waals surface area contributed by atoms with Crippen LogP contribution in [0.1, 0.15) is 31.7 Å². The van der Waals surface area contributed by atoms with Crippen molar-refractivity contribution in [2.75, 3.05) is 5.43 Å². The molecule has 0 spiro atoms. The van der Waals surface area contributed by atoms with Crippen LogP contribution >= 0.6 is 27.7 Å². The van der Waals surface area contributed by atoms with Gasteiger partial charge in [-0.2, -0.15) is 0 Å². The second-order valence-corrected chi connectivity index (χ2v) is 6.18. The standard InChI is InChI=1S/C10H13BrN8S/c11-7-8(15-12)13-5-14-9(7)20-10-16-17-18-19(10)6-3-1-2-4-6/h5-6H,1-4,12H2,(H,13,14,15). The van der Waals surface area contributed by atoms with E-state index in [-0.39, 0.29) is 0 Å². The summed E-state index contributed by atoms with van der Waals surface area (Å²) in [7, 11) is 0. The highest BCUT2D eigenvalue weighted by molar-refractivity contribution is 9.10. The van der Waals surface area contributed by atoms with Gasteiger partial charge < -0.3 is 5.43 Å². The molecule has 0 amide bonds. The van der Waals surface area contributed by atoms with Crippen molar-refractivity contribution in [3.8, 4) is 0 Å². The van der Waals surface area contributed by atoms with E-state index in [4.69, 9.17) is 5.84 Å². The molecule has 1 fully saturated rings. The minimum Gasteiger partial charge on any atom is -0.307 e. The largest absolute Gasteiger partial charge is 0.307 e. The quantitative estimate of drug-likeness (QED) is 0.484. The van der Waals surface area contributed by atoms with Crippen LogP contribution in [0.5, 0.6) is 0 Å². The van der Waals surface area contributed by atoms with Gasteiger partial charge in [0, 0.05) is 0 Å². The number of halogens is 1. The molecule has 0 saturated heterocycles. The summed E-state index contributed by atoms with van der Waals surface area (Å²) in [6.07, 6.45) is 6.16. The third-order valence-corrected chi connectivity index (χ3v) is 5.18. The Labute approximate surface area is 128 Å². The van der Waals surface area contributed by atoms with Gasteiger partial charge >= 0.3 is 0 Å². The highest BCUT2D eigenvalue weighted by atomic mass is 79.9. The number of nitrogens with one attached hydrogen (secondary N) is 1. The van der Waals surface area contributed by atoms with Gasteiger partial charge in [0.1, 0.15) is 11.4 Å². The summed E-state index contributed by atoms with van der Waals surface area (Å²) >= 11 is 4.83. The average molecular weight is 357 g/mol. The molecule has 1 aliphatic rings. The molecule has 1 aliphatic carbocycles. The third-order valence-electron chi connectivity index (χ3n) is 3.22. The summed E-state index contributed by atoms with van der Waals surface area (Å²) in [4.78, 5) is 8.25. The number of tetrazole rings is 1. The lowest BCUT2D eigenvalue weighted by Crippen LogP contribution is -2.10. The Morgan fingerprint density at radius 1 is 1.35 bits per heavy atom. The average Bonchev–Trinajstić information content (AvgIpc) is 3.11. The number of hydrogen-bond donors (Lipinski definition) is 2. The Balaban J connectivity index is 1.86. The van der Waals surface area contributed by atoms with Crippen molar-refractivity contribution in [2.24, 2.45) is 5.84 Å². The van der Waals surface area contributed by atoms with Crippen molar-refractivity contribution in [3.63, 3.8) is 0 Å². The maximum Gasteiger partial charge on any atom is 0.215 e. The molecule has 2 heterocycles. The first kappa shape index (κ1) is 13.7. The zero-order valence-corrected chi connectivity index (χ0v) is 12.9. The lowest BCUT2D eigenvalue weighted by molar-refractivity contribution is 0.423. The van der Waals surface area contributed by atoms with E-state index >= 15 is 0 Å². The molecule has 2 aromatic rings. The fraction of sp³-hybridized carbons (Fsp3) is 0.500. The molecule has 3 N–H and O–H groups in total. The number of nitrogens with zero attached hydrogens (tertiary/aromatic N) is 6. The van der Waals surface area contributed by atoms with E-state index in [0.717, 1.165) is 23.0 Å². The van der Waals surface area contributed by atoms with Gasteiger partial charge in [-0.05, 0) is 51.0 Å². The summed E-state index contributed by atoms with van der Waals surface area (Å²) in [5.41, 5.74) is 2.52. The molecule has 0 bridgehead atoms. The number of hydrogen-bond acceptors (Lipinski definition) is 8. The van der Waals surface area contributed by atoms with Crippen molar-refractivity contribution in [1.29, 1.82) is 0 Å². The first-order chi connectivity index (χ1) is 9.79. The summed E-state index contributed by atoms with van der Waals surface area (Å²) < 4.78 is 2.59. The molecule has 106 valence electrons. The van der Waals surface area contributed by atoms with E-state index in [1.807, 2.05) is 4.68 Å². The summed E-state index contributed by atoms with van der Waals surface area (Å²) in [6, 6.07) is 0.389. The van der Waals surface area contributed by atoms with Crippen LogP contribution in [-0.2, 0) is 0 Å². The summed E-state index contributed by atoms with van der Waals surface area (Å²) in [5, 5.41) is 13.4. The van der Waals surface area contributed by atoms with Gasteiger partial charge in [-0.1, -0.05) is 12.8 Å². The minimum atomic E-state index is 0.389. The number of rotatable bonds is 4. The van der Waals surface area contributed by atoms with Gasteiger partial charge in [-0.15, -0.1) is 5.10 Å². The molecule has 0 atom stereocenters. The van der Waals surface area contributed by atoms with Gasteiger partial charge in [0.25, 0.3) is 0 Å². The van der Waals surface area contributed by atoms with Crippen molar-refractivity contribution >= 4 is 33.5 Å².